The minimum Gasteiger partial charge on any atom is -0.493 e. The Bertz CT molecular complexity index is 569. The third-order valence-corrected chi connectivity index (χ3v) is 3.78. The molecule has 5 heteroatoms. The van der Waals surface area contributed by atoms with E-state index in [9.17, 15) is 5.11 Å². The van der Waals surface area contributed by atoms with Crippen molar-refractivity contribution in [2.45, 2.75) is 31.4 Å². The van der Waals surface area contributed by atoms with E-state index < -0.39 is 5.60 Å². The van der Waals surface area contributed by atoms with Crippen LogP contribution in [0.1, 0.15) is 25.8 Å². The summed E-state index contributed by atoms with van der Waals surface area (Å²) in [6.45, 7) is 10.4. The van der Waals surface area contributed by atoms with Crippen LogP contribution in [0.5, 0.6) is 0 Å². The van der Waals surface area contributed by atoms with Gasteiger partial charge in [0.15, 0.2) is 0 Å². The number of ether oxygens (including phenoxy) is 1. The van der Waals surface area contributed by atoms with Gasteiger partial charge in [-0.25, -0.2) is 4.98 Å². The summed E-state index contributed by atoms with van der Waals surface area (Å²) < 4.78 is 8.37. The molecular formula is C14H19IN2O2. The van der Waals surface area contributed by atoms with E-state index >= 15 is 0 Å². The molecule has 0 saturated heterocycles. The average molecular weight is 374 g/mol. The maximum atomic E-state index is 9.79. The Morgan fingerprint density at radius 1 is 1.74 bits per heavy atom. The molecule has 1 aliphatic carbocycles. The van der Waals surface area contributed by atoms with Gasteiger partial charge in [-0.2, -0.15) is 0 Å². The molecule has 1 aromatic rings. The van der Waals surface area contributed by atoms with Gasteiger partial charge in [-0.1, -0.05) is 35.7 Å². The van der Waals surface area contributed by atoms with Crippen LogP contribution in [-0.4, -0.2) is 31.3 Å². The fourth-order valence-electron chi connectivity index (χ4n) is 2.35. The third kappa shape index (κ3) is 3.39. The summed E-state index contributed by atoms with van der Waals surface area (Å²) in [4.78, 5) is 4.34. The van der Waals surface area contributed by atoms with Crippen molar-refractivity contribution in [2.24, 2.45) is 0 Å². The molecule has 1 aromatic heterocycles. The molecule has 1 saturated carbocycles. The van der Waals surface area contributed by atoms with Crippen molar-refractivity contribution in [3.05, 3.63) is 29.4 Å². The molecule has 1 fully saturated rings. The number of aliphatic hydroxyl groups is 1. The minimum atomic E-state index is -0.543. The van der Waals surface area contributed by atoms with E-state index in [4.69, 9.17) is 4.74 Å². The van der Waals surface area contributed by atoms with Gasteiger partial charge in [-0.15, -0.1) is 0 Å². The molecule has 4 nitrogen and oxygen atoms in total. The summed E-state index contributed by atoms with van der Waals surface area (Å²) in [6, 6.07) is 0.292. The first-order valence-corrected chi connectivity index (χ1v) is 7.79. The first-order valence-electron chi connectivity index (χ1n) is 6.26. The molecule has 0 spiro atoms. The molecule has 0 unspecified atom stereocenters. The van der Waals surface area contributed by atoms with E-state index in [1.54, 1.807) is 6.33 Å². The molecule has 1 heterocycles. The Morgan fingerprint density at radius 3 is 3.00 bits per heavy atom. The van der Waals surface area contributed by atoms with Crippen LogP contribution in [0.3, 0.4) is 0 Å². The zero-order valence-corrected chi connectivity index (χ0v) is 13.3. The number of nitrogens with zero attached hydrogens (tertiary/aromatic N) is 2. The second-order valence-corrected chi connectivity index (χ2v) is 6.27. The van der Waals surface area contributed by atoms with E-state index in [2.05, 4.69) is 40.7 Å². The highest BCUT2D eigenvalue weighted by Gasteiger charge is 2.39. The summed E-state index contributed by atoms with van der Waals surface area (Å²) in [7, 11) is 0. The first kappa shape index (κ1) is 14.6. The van der Waals surface area contributed by atoms with Crippen LogP contribution in [0.2, 0.25) is 0 Å². The van der Waals surface area contributed by atoms with E-state index in [0.29, 0.717) is 18.4 Å². The molecule has 0 amide bonds. The monoisotopic (exact) mass is 374 g/mol. The Kier molecular flexibility index (Phi) is 4.35. The van der Waals surface area contributed by atoms with Gasteiger partial charge >= 0.3 is 0 Å². The molecule has 1 N–H and O–H groups in total. The number of alkyl halides is 1. The molecule has 19 heavy (non-hydrogen) atoms. The average Bonchev–Trinajstić information content (AvgIpc) is 2.65. The maximum absolute atomic E-state index is 9.79. The van der Waals surface area contributed by atoms with E-state index in [-0.39, 0.29) is 0 Å². The number of rotatable bonds is 5. The van der Waals surface area contributed by atoms with Gasteiger partial charge in [0.25, 0.3) is 0 Å². The highest BCUT2D eigenvalue weighted by molar-refractivity contribution is 14.1. The number of hydrogen-bond acceptors (Lipinski definition) is 3. The van der Waals surface area contributed by atoms with Gasteiger partial charge in [0.1, 0.15) is 5.76 Å². The third-order valence-electron chi connectivity index (χ3n) is 3.34. The number of hydrogen-bond donors (Lipinski definition) is 1. The molecule has 0 radical (unpaired) electrons. The van der Waals surface area contributed by atoms with E-state index in [1.165, 1.54) is 0 Å². The van der Waals surface area contributed by atoms with Crippen molar-refractivity contribution in [2.75, 3.05) is 11.0 Å². The Morgan fingerprint density at radius 2 is 2.42 bits per heavy atom. The fourth-order valence-corrected chi connectivity index (χ4v) is 2.57. The standard InChI is InChI=1S/C14H19IN2O2/c1-10(19-5-4-15)6-13-11(2)17(9-16-13)12-7-14(3,18)8-12/h6,9,12,18H,1-2,4-5,7-8H2,3H3/b13-6+/t12-,14+. The van der Waals surface area contributed by atoms with Crippen molar-refractivity contribution in [3.63, 3.8) is 0 Å². The van der Waals surface area contributed by atoms with Crippen molar-refractivity contribution in [1.29, 1.82) is 0 Å². The predicted octanol–water partition coefficient (Wildman–Crippen LogP) is 1.13. The first-order chi connectivity index (χ1) is 8.93. The number of allylic oxidation sites excluding steroid dienone is 1. The van der Waals surface area contributed by atoms with Crippen molar-refractivity contribution in [3.8, 4) is 0 Å². The van der Waals surface area contributed by atoms with Crippen molar-refractivity contribution >= 4 is 35.2 Å². The van der Waals surface area contributed by atoms with E-state index in [0.717, 1.165) is 28.0 Å². The highest BCUT2D eigenvalue weighted by atomic mass is 127. The molecule has 0 bridgehead atoms. The fraction of sp³-hybridized carbons (Fsp3) is 0.500. The van der Waals surface area contributed by atoms with Crippen LogP contribution in [0.15, 0.2) is 18.7 Å². The van der Waals surface area contributed by atoms with Gasteiger partial charge in [0.05, 0.1) is 29.2 Å². The van der Waals surface area contributed by atoms with Crippen LogP contribution in [0.4, 0.5) is 0 Å². The Hall–Kier alpha value is -0.820. The lowest BCUT2D eigenvalue weighted by molar-refractivity contribution is -0.0516. The second-order valence-electron chi connectivity index (χ2n) is 5.19. The summed E-state index contributed by atoms with van der Waals surface area (Å²) in [5.74, 6) is 0.604. The minimum absolute atomic E-state index is 0.292. The van der Waals surface area contributed by atoms with Gasteiger partial charge < -0.3 is 14.4 Å². The van der Waals surface area contributed by atoms with Gasteiger partial charge in [-0.05, 0) is 19.8 Å². The second kappa shape index (κ2) is 5.66. The lowest BCUT2D eigenvalue weighted by Crippen LogP contribution is -2.45. The summed E-state index contributed by atoms with van der Waals surface area (Å²) in [5.41, 5.74) is -0.543. The molecule has 0 aliphatic heterocycles. The van der Waals surface area contributed by atoms with Crippen molar-refractivity contribution in [1.82, 2.24) is 9.55 Å². The SMILES string of the molecule is C=C(/C=c1/ncn([C@H]2C[C@@](C)(O)C2)c1=C)OCCI. The lowest BCUT2D eigenvalue weighted by atomic mass is 9.77. The Balaban J connectivity index is 2.13. The van der Waals surface area contributed by atoms with Crippen LogP contribution < -0.4 is 10.7 Å². The molecular weight excluding hydrogens is 355 g/mol. The maximum Gasteiger partial charge on any atom is 0.114 e. The lowest BCUT2D eigenvalue weighted by Gasteiger charge is -2.41. The van der Waals surface area contributed by atoms with Gasteiger partial charge in [0.2, 0.25) is 0 Å². The number of aromatic nitrogens is 2. The van der Waals surface area contributed by atoms with Crippen LogP contribution in [0.25, 0.3) is 12.7 Å². The van der Waals surface area contributed by atoms with Crippen LogP contribution >= 0.6 is 22.6 Å². The highest BCUT2D eigenvalue weighted by Crippen LogP contribution is 2.39. The summed E-state index contributed by atoms with van der Waals surface area (Å²) in [6.07, 6.45) is 5.08. The van der Waals surface area contributed by atoms with Crippen LogP contribution in [-0.2, 0) is 4.74 Å². The van der Waals surface area contributed by atoms with E-state index in [1.807, 2.05) is 17.6 Å². The van der Waals surface area contributed by atoms with Gasteiger partial charge in [0, 0.05) is 16.5 Å². The molecule has 0 atom stereocenters. The molecule has 1 aliphatic rings. The molecule has 0 aromatic carbocycles. The van der Waals surface area contributed by atoms with Crippen molar-refractivity contribution < 1.29 is 9.84 Å². The topological polar surface area (TPSA) is 47.3 Å². The largest absolute Gasteiger partial charge is 0.493 e. The summed E-state index contributed by atoms with van der Waals surface area (Å²) >= 11 is 2.25. The smallest absolute Gasteiger partial charge is 0.114 e. The zero-order valence-electron chi connectivity index (χ0n) is 11.1. The van der Waals surface area contributed by atoms with Crippen LogP contribution in [0, 0.1) is 0 Å². The quantitative estimate of drug-likeness (QED) is 0.478. The Labute approximate surface area is 126 Å². The normalized spacial score (nSPS) is 27.1. The summed E-state index contributed by atoms with van der Waals surface area (Å²) in [5, 5.41) is 11.4. The molecule has 2 rings (SSSR count). The molecule has 104 valence electrons. The number of halogens is 1. The zero-order chi connectivity index (χ0) is 14.0. The van der Waals surface area contributed by atoms with Gasteiger partial charge in [-0.3, -0.25) is 0 Å². The predicted molar refractivity (Wildman–Crippen MR) is 84.3 cm³/mol. The number of imidazole rings is 1.